The number of nitrogens with two attached hydrogens (primary N) is 1. The van der Waals surface area contributed by atoms with Crippen molar-refractivity contribution in [3.63, 3.8) is 0 Å². The number of nitrogen functional groups attached to an aromatic ring is 1. The smallest absolute Gasteiger partial charge is 0.0868 e. The number of fused-ring (bicyclic) bond motifs is 1. The summed E-state index contributed by atoms with van der Waals surface area (Å²) in [5.74, 6) is 0. The Bertz CT molecular complexity index is 462. The quantitative estimate of drug-likeness (QED) is 0.822. The van der Waals surface area contributed by atoms with Gasteiger partial charge in [-0.3, -0.25) is 0 Å². The van der Waals surface area contributed by atoms with Crippen LogP contribution < -0.4 is 5.73 Å². The Morgan fingerprint density at radius 1 is 1.43 bits per heavy atom. The maximum absolute atomic E-state index is 5.81. The van der Waals surface area contributed by atoms with Gasteiger partial charge in [0.1, 0.15) is 0 Å². The molecule has 2 rings (SSSR count). The van der Waals surface area contributed by atoms with Crippen molar-refractivity contribution in [3.8, 4) is 0 Å². The number of hydrogen-bond acceptors (Lipinski definition) is 2. The SMILES string of the molecule is CCc1c(CBr)ccc2cc(N)sc12. The van der Waals surface area contributed by atoms with E-state index in [-0.39, 0.29) is 0 Å². The van der Waals surface area contributed by atoms with Crippen molar-refractivity contribution >= 4 is 42.4 Å². The van der Waals surface area contributed by atoms with Gasteiger partial charge in [0.15, 0.2) is 0 Å². The molecule has 14 heavy (non-hydrogen) atoms. The highest BCUT2D eigenvalue weighted by Gasteiger charge is 2.07. The fourth-order valence-electron chi connectivity index (χ4n) is 1.73. The molecule has 1 aromatic heterocycles. The van der Waals surface area contributed by atoms with Crippen molar-refractivity contribution in [2.45, 2.75) is 18.7 Å². The predicted octanol–water partition coefficient (Wildman–Crippen LogP) is 3.94. The molecule has 2 aromatic rings. The molecule has 0 spiro atoms. The average molecular weight is 270 g/mol. The third-order valence-electron chi connectivity index (χ3n) is 2.40. The zero-order chi connectivity index (χ0) is 10.1. The van der Waals surface area contributed by atoms with Crippen molar-refractivity contribution in [2.75, 3.05) is 5.73 Å². The number of hydrogen-bond donors (Lipinski definition) is 1. The highest BCUT2D eigenvalue weighted by Crippen LogP contribution is 2.33. The first kappa shape index (κ1) is 9.99. The maximum Gasteiger partial charge on any atom is 0.0868 e. The Morgan fingerprint density at radius 3 is 2.86 bits per heavy atom. The molecule has 0 amide bonds. The summed E-state index contributed by atoms with van der Waals surface area (Å²) in [6, 6.07) is 6.39. The first-order chi connectivity index (χ1) is 6.76. The molecule has 1 heterocycles. The number of thiophene rings is 1. The molecule has 0 radical (unpaired) electrons. The zero-order valence-electron chi connectivity index (χ0n) is 8.01. The van der Waals surface area contributed by atoms with Gasteiger partial charge in [-0.25, -0.2) is 0 Å². The number of benzene rings is 1. The summed E-state index contributed by atoms with van der Waals surface area (Å²) in [5, 5.41) is 3.10. The van der Waals surface area contributed by atoms with E-state index in [1.54, 1.807) is 11.3 Å². The minimum atomic E-state index is 0.904. The molecule has 0 saturated carbocycles. The summed E-state index contributed by atoms with van der Waals surface area (Å²) in [6.07, 6.45) is 1.07. The number of aryl methyl sites for hydroxylation is 1. The van der Waals surface area contributed by atoms with Crippen LogP contribution in [0.1, 0.15) is 18.1 Å². The monoisotopic (exact) mass is 269 g/mol. The minimum Gasteiger partial charge on any atom is -0.391 e. The second-order valence-electron chi connectivity index (χ2n) is 3.26. The summed E-state index contributed by atoms with van der Waals surface area (Å²) in [7, 11) is 0. The van der Waals surface area contributed by atoms with E-state index in [0.29, 0.717) is 0 Å². The van der Waals surface area contributed by atoms with Gasteiger partial charge in [0.25, 0.3) is 0 Å². The molecule has 1 nitrogen and oxygen atoms in total. The lowest BCUT2D eigenvalue weighted by atomic mass is 10.0. The molecule has 2 N–H and O–H groups in total. The molecule has 1 aromatic carbocycles. The van der Waals surface area contributed by atoms with Crippen LogP contribution in [-0.2, 0) is 11.8 Å². The standard InChI is InChI=1S/C11H12BrNS/c1-2-9-8(6-12)4-3-7-5-10(13)14-11(7)9/h3-5H,2,6,13H2,1H3. The van der Waals surface area contributed by atoms with Crippen LogP contribution in [0.25, 0.3) is 10.1 Å². The summed E-state index contributed by atoms with van der Waals surface area (Å²) in [6.45, 7) is 2.19. The zero-order valence-corrected chi connectivity index (χ0v) is 10.4. The minimum absolute atomic E-state index is 0.904. The van der Waals surface area contributed by atoms with Gasteiger partial charge >= 0.3 is 0 Å². The van der Waals surface area contributed by atoms with E-state index in [1.807, 2.05) is 0 Å². The average Bonchev–Trinajstić information content (AvgIpc) is 2.56. The molecule has 3 heteroatoms. The van der Waals surface area contributed by atoms with E-state index in [2.05, 4.69) is 41.1 Å². The van der Waals surface area contributed by atoms with E-state index in [9.17, 15) is 0 Å². The van der Waals surface area contributed by atoms with Crippen LogP contribution in [0.4, 0.5) is 5.00 Å². The van der Waals surface area contributed by atoms with Gasteiger partial charge in [-0.2, -0.15) is 0 Å². The molecule has 0 fully saturated rings. The van der Waals surface area contributed by atoms with Crippen molar-refractivity contribution in [2.24, 2.45) is 0 Å². The Balaban J connectivity index is 2.75. The maximum atomic E-state index is 5.81. The largest absolute Gasteiger partial charge is 0.391 e. The first-order valence-electron chi connectivity index (χ1n) is 4.62. The van der Waals surface area contributed by atoms with Crippen LogP contribution in [0.5, 0.6) is 0 Å². The van der Waals surface area contributed by atoms with Gasteiger partial charge in [-0.15, -0.1) is 11.3 Å². The van der Waals surface area contributed by atoms with Gasteiger partial charge in [-0.05, 0) is 29.0 Å². The molecule has 74 valence electrons. The van der Waals surface area contributed by atoms with Crippen LogP contribution in [0.2, 0.25) is 0 Å². The van der Waals surface area contributed by atoms with Crippen molar-refractivity contribution in [1.29, 1.82) is 0 Å². The molecule has 0 saturated heterocycles. The predicted molar refractivity (Wildman–Crippen MR) is 68.2 cm³/mol. The molecular weight excluding hydrogens is 258 g/mol. The van der Waals surface area contributed by atoms with Crippen LogP contribution >= 0.6 is 27.3 Å². The van der Waals surface area contributed by atoms with Crippen molar-refractivity contribution < 1.29 is 0 Å². The lowest BCUT2D eigenvalue weighted by Gasteiger charge is -2.05. The van der Waals surface area contributed by atoms with E-state index < -0.39 is 0 Å². The summed E-state index contributed by atoms with van der Waals surface area (Å²) in [4.78, 5) is 0. The third kappa shape index (κ3) is 1.55. The number of rotatable bonds is 2. The molecule has 0 bridgehead atoms. The van der Waals surface area contributed by atoms with Gasteiger partial charge in [0, 0.05) is 10.0 Å². The summed E-state index contributed by atoms with van der Waals surface area (Å²) in [5.41, 5.74) is 8.62. The van der Waals surface area contributed by atoms with E-state index in [1.165, 1.54) is 21.2 Å². The van der Waals surface area contributed by atoms with Crippen molar-refractivity contribution in [1.82, 2.24) is 0 Å². The molecule has 0 aliphatic heterocycles. The molecule has 0 aliphatic rings. The number of halogens is 1. The lowest BCUT2D eigenvalue weighted by molar-refractivity contribution is 1.13. The van der Waals surface area contributed by atoms with E-state index in [4.69, 9.17) is 5.73 Å². The highest BCUT2D eigenvalue weighted by molar-refractivity contribution is 9.08. The Hall–Kier alpha value is -0.540. The molecule has 0 atom stereocenters. The van der Waals surface area contributed by atoms with Crippen LogP contribution in [0.3, 0.4) is 0 Å². The summed E-state index contributed by atoms with van der Waals surface area (Å²) < 4.78 is 1.35. The van der Waals surface area contributed by atoms with Crippen LogP contribution in [0.15, 0.2) is 18.2 Å². The molecular formula is C11H12BrNS. The Labute approximate surface area is 96.1 Å². The topological polar surface area (TPSA) is 26.0 Å². The second-order valence-corrected chi connectivity index (χ2v) is 4.90. The fourth-order valence-corrected chi connectivity index (χ4v) is 3.32. The fraction of sp³-hybridized carbons (Fsp3) is 0.273. The lowest BCUT2D eigenvalue weighted by Crippen LogP contribution is -1.88. The first-order valence-corrected chi connectivity index (χ1v) is 6.55. The van der Waals surface area contributed by atoms with Gasteiger partial charge < -0.3 is 5.73 Å². The van der Waals surface area contributed by atoms with E-state index in [0.717, 1.165) is 16.8 Å². The summed E-state index contributed by atoms with van der Waals surface area (Å²) >= 11 is 5.20. The van der Waals surface area contributed by atoms with Crippen molar-refractivity contribution in [3.05, 3.63) is 29.3 Å². The number of anilines is 1. The Kier molecular flexibility index (Phi) is 2.79. The van der Waals surface area contributed by atoms with Gasteiger partial charge in [-0.1, -0.05) is 35.0 Å². The van der Waals surface area contributed by atoms with Crippen LogP contribution in [-0.4, -0.2) is 0 Å². The normalized spacial score (nSPS) is 11.0. The van der Waals surface area contributed by atoms with Gasteiger partial charge in [0.05, 0.1) is 5.00 Å². The Morgan fingerprint density at radius 2 is 2.21 bits per heavy atom. The number of alkyl halides is 1. The highest BCUT2D eigenvalue weighted by atomic mass is 79.9. The second kappa shape index (κ2) is 3.91. The molecule has 0 unspecified atom stereocenters. The van der Waals surface area contributed by atoms with Crippen LogP contribution in [0, 0.1) is 0 Å². The van der Waals surface area contributed by atoms with E-state index >= 15 is 0 Å². The third-order valence-corrected chi connectivity index (χ3v) is 4.05. The van der Waals surface area contributed by atoms with Gasteiger partial charge in [0.2, 0.25) is 0 Å². The molecule has 0 aliphatic carbocycles.